The van der Waals surface area contributed by atoms with Crippen molar-refractivity contribution in [1.82, 2.24) is 0 Å². The minimum absolute atomic E-state index is 0.365. The Balaban J connectivity index is 2.10. The molecule has 2 aliphatic rings. The summed E-state index contributed by atoms with van der Waals surface area (Å²) in [5.41, 5.74) is -0.729. The van der Waals surface area contributed by atoms with E-state index >= 15 is 0 Å². The SMILES string of the molecule is CC(C)(C)C1OC(=O)C(C2OC(C(C)(C)C)OC2=O)O1. The van der Waals surface area contributed by atoms with Crippen molar-refractivity contribution in [3.05, 3.63) is 0 Å². The van der Waals surface area contributed by atoms with Crippen LogP contribution in [-0.2, 0) is 28.5 Å². The van der Waals surface area contributed by atoms with Crippen molar-refractivity contribution < 1.29 is 28.5 Å². The molecule has 0 aromatic rings. The summed E-state index contributed by atoms with van der Waals surface area (Å²) < 4.78 is 21.5. The van der Waals surface area contributed by atoms with Crippen LogP contribution < -0.4 is 0 Å². The molecule has 2 saturated heterocycles. The molecule has 0 aromatic heterocycles. The number of ether oxygens (including phenoxy) is 4. The second-order valence-electron chi connectivity index (χ2n) is 7.38. The number of rotatable bonds is 1. The number of hydrogen-bond donors (Lipinski definition) is 0. The molecule has 2 heterocycles. The van der Waals surface area contributed by atoms with E-state index in [9.17, 15) is 9.59 Å². The van der Waals surface area contributed by atoms with Gasteiger partial charge in [0.05, 0.1) is 0 Å². The van der Waals surface area contributed by atoms with E-state index in [1.807, 2.05) is 41.5 Å². The Morgan fingerprint density at radius 1 is 0.700 bits per heavy atom. The second-order valence-corrected chi connectivity index (χ2v) is 7.38. The molecule has 4 unspecified atom stereocenters. The smallest absolute Gasteiger partial charge is 0.341 e. The zero-order valence-electron chi connectivity index (χ0n) is 12.8. The van der Waals surface area contributed by atoms with Gasteiger partial charge >= 0.3 is 11.9 Å². The first-order valence-electron chi connectivity index (χ1n) is 6.72. The van der Waals surface area contributed by atoms with Crippen LogP contribution >= 0.6 is 0 Å². The normalized spacial score (nSPS) is 35.1. The monoisotopic (exact) mass is 286 g/mol. The highest BCUT2D eigenvalue weighted by molar-refractivity contribution is 5.87. The van der Waals surface area contributed by atoms with Gasteiger partial charge < -0.3 is 18.9 Å². The first-order chi connectivity index (χ1) is 9.00. The van der Waals surface area contributed by atoms with Crippen LogP contribution in [0.25, 0.3) is 0 Å². The van der Waals surface area contributed by atoms with Gasteiger partial charge in [0.25, 0.3) is 0 Å². The number of cyclic esters (lactones) is 2. The van der Waals surface area contributed by atoms with Gasteiger partial charge in [0.15, 0.2) is 12.2 Å². The molecule has 2 aliphatic heterocycles. The molecule has 0 radical (unpaired) electrons. The highest BCUT2D eigenvalue weighted by Crippen LogP contribution is 2.36. The standard InChI is InChI=1S/C14H22O6/c1-13(2,3)11-17-7(9(15)19-11)8-10(16)20-12(18-8)14(4,5)6/h7-8,11-12H,1-6H3. The predicted octanol–water partition coefficient (Wildman–Crippen LogP) is 1.61. The summed E-state index contributed by atoms with van der Waals surface area (Å²) in [5.74, 6) is -1.16. The van der Waals surface area contributed by atoms with Gasteiger partial charge in [0, 0.05) is 10.8 Å². The molecule has 20 heavy (non-hydrogen) atoms. The fraction of sp³-hybridized carbons (Fsp3) is 0.857. The van der Waals surface area contributed by atoms with Gasteiger partial charge in [-0.1, -0.05) is 41.5 Å². The van der Waals surface area contributed by atoms with Crippen LogP contribution in [0.3, 0.4) is 0 Å². The predicted molar refractivity (Wildman–Crippen MR) is 68.4 cm³/mol. The lowest BCUT2D eigenvalue weighted by Crippen LogP contribution is -2.38. The average Bonchev–Trinajstić information content (AvgIpc) is 2.80. The molecule has 0 N–H and O–H groups in total. The highest BCUT2D eigenvalue weighted by atomic mass is 16.8. The van der Waals surface area contributed by atoms with E-state index in [2.05, 4.69) is 0 Å². The number of carbonyl (C=O) groups is 2. The van der Waals surface area contributed by atoms with Crippen LogP contribution in [0.15, 0.2) is 0 Å². The van der Waals surface area contributed by atoms with Gasteiger partial charge in [0.1, 0.15) is 0 Å². The molecule has 0 aliphatic carbocycles. The minimum Gasteiger partial charge on any atom is -0.433 e. The fourth-order valence-electron chi connectivity index (χ4n) is 1.93. The van der Waals surface area contributed by atoms with E-state index in [1.165, 1.54) is 0 Å². The third-order valence-corrected chi connectivity index (χ3v) is 3.14. The quantitative estimate of drug-likeness (QED) is 0.682. The molecule has 0 aromatic carbocycles. The van der Waals surface area contributed by atoms with Crippen molar-refractivity contribution in [2.24, 2.45) is 10.8 Å². The molecule has 0 bridgehead atoms. The topological polar surface area (TPSA) is 71.1 Å². The van der Waals surface area contributed by atoms with Crippen molar-refractivity contribution >= 4 is 11.9 Å². The molecular weight excluding hydrogens is 264 g/mol. The maximum Gasteiger partial charge on any atom is 0.341 e. The van der Waals surface area contributed by atoms with Crippen molar-refractivity contribution in [3.63, 3.8) is 0 Å². The number of esters is 2. The van der Waals surface area contributed by atoms with E-state index in [0.29, 0.717) is 0 Å². The van der Waals surface area contributed by atoms with Gasteiger partial charge in [-0.05, 0) is 0 Å². The second kappa shape index (κ2) is 4.70. The van der Waals surface area contributed by atoms with Crippen molar-refractivity contribution in [2.75, 3.05) is 0 Å². The lowest BCUT2D eigenvalue weighted by molar-refractivity contribution is -0.160. The highest BCUT2D eigenvalue weighted by Gasteiger charge is 2.54. The number of hydrogen-bond acceptors (Lipinski definition) is 6. The molecule has 2 fully saturated rings. The van der Waals surface area contributed by atoms with Crippen LogP contribution in [0.2, 0.25) is 0 Å². The zero-order valence-corrected chi connectivity index (χ0v) is 12.8. The molecule has 4 atom stereocenters. The average molecular weight is 286 g/mol. The largest absolute Gasteiger partial charge is 0.433 e. The summed E-state index contributed by atoms with van der Waals surface area (Å²) in [5, 5.41) is 0. The van der Waals surface area contributed by atoms with E-state index in [0.717, 1.165) is 0 Å². The Morgan fingerprint density at radius 3 is 1.20 bits per heavy atom. The molecule has 6 heteroatoms. The fourth-order valence-corrected chi connectivity index (χ4v) is 1.93. The third-order valence-electron chi connectivity index (χ3n) is 3.14. The van der Waals surface area contributed by atoms with Crippen LogP contribution in [0, 0.1) is 10.8 Å². The Bertz CT molecular complexity index is 376. The van der Waals surface area contributed by atoms with Crippen LogP contribution in [0.5, 0.6) is 0 Å². The van der Waals surface area contributed by atoms with Crippen molar-refractivity contribution in [1.29, 1.82) is 0 Å². The molecule has 0 amide bonds. The summed E-state index contributed by atoms with van der Waals surface area (Å²) >= 11 is 0. The Morgan fingerprint density at radius 2 is 1.00 bits per heavy atom. The van der Waals surface area contributed by atoms with Gasteiger partial charge in [-0.25, -0.2) is 9.59 Å². The summed E-state index contributed by atoms with van der Waals surface area (Å²) in [6.07, 6.45) is -3.49. The van der Waals surface area contributed by atoms with Crippen LogP contribution in [0.4, 0.5) is 0 Å². The van der Waals surface area contributed by atoms with Crippen molar-refractivity contribution in [3.8, 4) is 0 Å². The first kappa shape index (κ1) is 15.3. The van der Waals surface area contributed by atoms with E-state index in [-0.39, 0.29) is 10.8 Å². The van der Waals surface area contributed by atoms with E-state index < -0.39 is 36.7 Å². The zero-order chi connectivity index (χ0) is 15.3. The van der Waals surface area contributed by atoms with Gasteiger partial charge in [0.2, 0.25) is 12.6 Å². The van der Waals surface area contributed by atoms with Crippen molar-refractivity contribution in [2.45, 2.75) is 66.3 Å². The Kier molecular flexibility index (Phi) is 3.59. The summed E-state index contributed by atoms with van der Waals surface area (Å²) in [6, 6.07) is 0. The maximum absolute atomic E-state index is 11.9. The summed E-state index contributed by atoms with van der Waals surface area (Å²) in [6.45, 7) is 11.3. The van der Waals surface area contributed by atoms with Gasteiger partial charge in [-0.3, -0.25) is 0 Å². The molecule has 0 spiro atoms. The van der Waals surface area contributed by atoms with Gasteiger partial charge in [-0.2, -0.15) is 0 Å². The lowest BCUT2D eigenvalue weighted by Gasteiger charge is -2.25. The molecular formula is C14H22O6. The maximum atomic E-state index is 11.9. The van der Waals surface area contributed by atoms with Crippen LogP contribution in [-0.4, -0.2) is 36.7 Å². The van der Waals surface area contributed by atoms with E-state index in [1.54, 1.807) is 0 Å². The first-order valence-corrected chi connectivity index (χ1v) is 6.72. The molecule has 0 saturated carbocycles. The van der Waals surface area contributed by atoms with E-state index in [4.69, 9.17) is 18.9 Å². The van der Waals surface area contributed by atoms with Gasteiger partial charge in [-0.15, -0.1) is 0 Å². The lowest BCUT2D eigenvalue weighted by atomic mass is 9.96. The Hall–Kier alpha value is -1.14. The molecule has 6 nitrogen and oxygen atoms in total. The third kappa shape index (κ3) is 2.81. The summed E-state index contributed by atoms with van der Waals surface area (Å²) in [7, 11) is 0. The number of carbonyl (C=O) groups excluding carboxylic acids is 2. The molecule has 2 rings (SSSR count). The Labute approximate surface area is 118 Å². The van der Waals surface area contributed by atoms with Crippen LogP contribution in [0.1, 0.15) is 41.5 Å². The minimum atomic E-state index is -1.06. The molecule has 114 valence electrons. The summed E-state index contributed by atoms with van der Waals surface area (Å²) in [4.78, 5) is 23.8.